The molecule has 2 rings (SSSR count). The van der Waals surface area contributed by atoms with Gasteiger partial charge in [-0.05, 0) is 22.4 Å². The highest BCUT2D eigenvalue weighted by molar-refractivity contribution is 9.10. The molecule has 0 amide bonds. The Hall–Kier alpha value is -0.0800. The first kappa shape index (κ1) is 15.3. The molecule has 8 heteroatoms. The van der Waals surface area contributed by atoms with E-state index >= 15 is 0 Å². The van der Waals surface area contributed by atoms with Crippen LogP contribution in [-0.4, -0.2) is 38.5 Å². The summed E-state index contributed by atoms with van der Waals surface area (Å²) in [6, 6.07) is 1.33. The SMILES string of the molecule is CCC1COCCN1S(=O)(=O)c1cc(CCl)oc1Br. The van der Waals surface area contributed by atoms with Gasteiger partial charge in [-0.25, -0.2) is 8.42 Å². The molecule has 0 bridgehead atoms. The van der Waals surface area contributed by atoms with Crippen LogP contribution >= 0.6 is 27.5 Å². The summed E-state index contributed by atoms with van der Waals surface area (Å²) in [5.41, 5.74) is 0. The van der Waals surface area contributed by atoms with E-state index in [4.69, 9.17) is 20.8 Å². The van der Waals surface area contributed by atoms with E-state index in [1.165, 1.54) is 10.4 Å². The quantitative estimate of drug-likeness (QED) is 0.762. The van der Waals surface area contributed by atoms with Gasteiger partial charge in [-0.15, -0.1) is 11.6 Å². The van der Waals surface area contributed by atoms with Gasteiger partial charge in [0, 0.05) is 18.7 Å². The lowest BCUT2D eigenvalue weighted by Crippen LogP contribution is -2.48. The van der Waals surface area contributed by atoms with Crippen LogP contribution in [0.5, 0.6) is 0 Å². The molecule has 0 saturated carbocycles. The molecule has 1 aliphatic heterocycles. The highest BCUT2D eigenvalue weighted by atomic mass is 79.9. The van der Waals surface area contributed by atoms with Crippen molar-refractivity contribution in [1.82, 2.24) is 4.31 Å². The fourth-order valence-corrected chi connectivity index (χ4v) is 4.81. The standard InChI is InChI=1S/C11H15BrClNO4S/c1-2-8-7-17-4-3-14(8)19(15,16)10-5-9(6-13)18-11(10)12/h5,8H,2-4,6-7H2,1H3. The van der Waals surface area contributed by atoms with E-state index < -0.39 is 10.0 Å². The largest absolute Gasteiger partial charge is 0.452 e. The zero-order valence-electron chi connectivity index (χ0n) is 10.4. The molecule has 1 aromatic heterocycles. The lowest BCUT2D eigenvalue weighted by Gasteiger charge is -2.33. The molecule has 1 aromatic rings. The molecule has 2 heterocycles. The van der Waals surface area contributed by atoms with Crippen molar-refractivity contribution >= 4 is 37.6 Å². The van der Waals surface area contributed by atoms with Crippen molar-refractivity contribution in [3.63, 3.8) is 0 Å². The smallest absolute Gasteiger partial charge is 0.247 e. The van der Waals surface area contributed by atoms with Gasteiger partial charge >= 0.3 is 0 Å². The highest BCUT2D eigenvalue weighted by Crippen LogP contribution is 2.31. The second kappa shape index (κ2) is 6.13. The average molecular weight is 373 g/mol. The first-order valence-electron chi connectivity index (χ1n) is 5.94. The number of hydrogen-bond acceptors (Lipinski definition) is 4. The van der Waals surface area contributed by atoms with Gasteiger partial charge in [-0.1, -0.05) is 6.92 Å². The molecule has 1 fully saturated rings. The van der Waals surface area contributed by atoms with Gasteiger partial charge in [-0.3, -0.25) is 0 Å². The molecule has 0 radical (unpaired) electrons. The maximum Gasteiger partial charge on any atom is 0.247 e. The molecule has 5 nitrogen and oxygen atoms in total. The lowest BCUT2D eigenvalue weighted by molar-refractivity contribution is 0.0314. The monoisotopic (exact) mass is 371 g/mol. The molecule has 1 unspecified atom stereocenters. The minimum atomic E-state index is -3.59. The van der Waals surface area contributed by atoms with Gasteiger partial charge in [0.05, 0.1) is 19.1 Å². The van der Waals surface area contributed by atoms with Crippen LogP contribution in [-0.2, 0) is 20.6 Å². The summed E-state index contributed by atoms with van der Waals surface area (Å²) < 4.78 is 37.5. The van der Waals surface area contributed by atoms with Crippen molar-refractivity contribution in [3.8, 4) is 0 Å². The molecule has 19 heavy (non-hydrogen) atoms. The number of sulfonamides is 1. The van der Waals surface area contributed by atoms with Gasteiger partial charge in [0.1, 0.15) is 10.7 Å². The van der Waals surface area contributed by atoms with Crippen LogP contribution in [0.1, 0.15) is 19.1 Å². The molecular formula is C11H15BrClNO4S. The van der Waals surface area contributed by atoms with Crippen molar-refractivity contribution in [2.24, 2.45) is 0 Å². The molecule has 0 aromatic carbocycles. The van der Waals surface area contributed by atoms with E-state index in [-0.39, 0.29) is 21.5 Å². The van der Waals surface area contributed by atoms with Crippen molar-refractivity contribution in [3.05, 3.63) is 16.5 Å². The van der Waals surface area contributed by atoms with Gasteiger partial charge in [0.2, 0.25) is 10.0 Å². The Kier molecular flexibility index (Phi) is 4.94. The Morgan fingerprint density at radius 3 is 2.89 bits per heavy atom. The number of alkyl halides is 1. The third-order valence-electron chi connectivity index (χ3n) is 3.07. The molecule has 0 N–H and O–H groups in total. The Morgan fingerprint density at radius 1 is 1.58 bits per heavy atom. The molecule has 108 valence electrons. The van der Waals surface area contributed by atoms with Crippen LogP contribution in [0.4, 0.5) is 0 Å². The van der Waals surface area contributed by atoms with Crippen molar-refractivity contribution in [2.45, 2.75) is 30.2 Å². The zero-order chi connectivity index (χ0) is 14.0. The Bertz CT molecular complexity index is 545. The molecular weight excluding hydrogens is 358 g/mol. The summed E-state index contributed by atoms with van der Waals surface area (Å²) >= 11 is 8.80. The van der Waals surface area contributed by atoms with Gasteiger partial charge in [0.15, 0.2) is 4.67 Å². The van der Waals surface area contributed by atoms with E-state index in [9.17, 15) is 8.42 Å². The van der Waals surface area contributed by atoms with Crippen LogP contribution in [0.2, 0.25) is 0 Å². The highest BCUT2D eigenvalue weighted by Gasteiger charge is 2.35. The number of nitrogens with zero attached hydrogens (tertiary/aromatic N) is 1. The summed E-state index contributed by atoms with van der Waals surface area (Å²) in [5, 5.41) is 0. The summed E-state index contributed by atoms with van der Waals surface area (Å²) in [5.74, 6) is 0.558. The molecule has 1 atom stereocenters. The average Bonchev–Trinajstić information content (AvgIpc) is 2.80. The minimum absolute atomic E-state index is 0.128. The fraction of sp³-hybridized carbons (Fsp3) is 0.636. The predicted molar refractivity (Wildman–Crippen MR) is 74.8 cm³/mol. The Balaban J connectivity index is 2.37. The second-order valence-corrected chi connectivity index (χ2v) is 7.08. The second-order valence-electron chi connectivity index (χ2n) is 4.24. The minimum Gasteiger partial charge on any atom is -0.452 e. The normalized spacial score (nSPS) is 21.7. The van der Waals surface area contributed by atoms with Crippen LogP contribution in [0.15, 0.2) is 20.0 Å². The van der Waals surface area contributed by atoms with Crippen molar-refractivity contribution in [1.29, 1.82) is 0 Å². The van der Waals surface area contributed by atoms with E-state index in [1.54, 1.807) is 0 Å². The number of furan rings is 1. The molecule has 1 saturated heterocycles. The van der Waals surface area contributed by atoms with Crippen LogP contribution in [0.3, 0.4) is 0 Å². The van der Waals surface area contributed by atoms with Gasteiger partial charge < -0.3 is 9.15 Å². The summed E-state index contributed by atoms with van der Waals surface area (Å²) in [6.45, 7) is 3.13. The third kappa shape index (κ3) is 3.00. The van der Waals surface area contributed by atoms with E-state index in [0.29, 0.717) is 31.9 Å². The van der Waals surface area contributed by atoms with Crippen LogP contribution in [0.25, 0.3) is 0 Å². The Labute approximate surface area is 126 Å². The predicted octanol–water partition coefficient (Wildman–Crippen LogP) is 2.58. The van der Waals surface area contributed by atoms with Gasteiger partial charge in [-0.2, -0.15) is 4.31 Å². The maximum atomic E-state index is 12.6. The first-order valence-corrected chi connectivity index (χ1v) is 8.71. The third-order valence-corrected chi connectivity index (χ3v) is 6.14. The first-order chi connectivity index (χ1) is 9.00. The Morgan fingerprint density at radius 2 is 2.32 bits per heavy atom. The summed E-state index contributed by atoms with van der Waals surface area (Å²) in [4.78, 5) is 0.128. The topological polar surface area (TPSA) is 59.8 Å². The van der Waals surface area contributed by atoms with E-state index in [0.717, 1.165) is 0 Å². The lowest BCUT2D eigenvalue weighted by atomic mass is 10.2. The van der Waals surface area contributed by atoms with Crippen molar-refractivity contribution in [2.75, 3.05) is 19.8 Å². The maximum absolute atomic E-state index is 12.6. The van der Waals surface area contributed by atoms with Gasteiger partial charge in [0.25, 0.3) is 0 Å². The summed E-state index contributed by atoms with van der Waals surface area (Å²) in [6.07, 6.45) is 0.705. The molecule has 0 spiro atoms. The molecule has 1 aliphatic rings. The van der Waals surface area contributed by atoms with E-state index in [1.807, 2.05) is 6.92 Å². The number of ether oxygens (including phenoxy) is 1. The fourth-order valence-electron chi connectivity index (χ4n) is 2.04. The number of rotatable bonds is 4. The number of hydrogen-bond donors (Lipinski definition) is 0. The van der Waals surface area contributed by atoms with Crippen molar-refractivity contribution < 1.29 is 17.6 Å². The number of morpholine rings is 1. The number of halogens is 2. The summed E-state index contributed by atoms with van der Waals surface area (Å²) in [7, 11) is -3.59. The zero-order valence-corrected chi connectivity index (χ0v) is 13.6. The van der Waals surface area contributed by atoms with Crippen LogP contribution < -0.4 is 0 Å². The van der Waals surface area contributed by atoms with E-state index in [2.05, 4.69) is 15.9 Å². The molecule has 0 aliphatic carbocycles. The van der Waals surface area contributed by atoms with Crippen LogP contribution in [0, 0.1) is 0 Å².